The predicted octanol–water partition coefficient (Wildman–Crippen LogP) is 5.06. The van der Waals surface area contributed by atoms with E-state index in [0.717, 1.165) is 49.2 Å². The Morgan fingerprint density at radius 2 is 1.73 bits per heavy atom. The lowest BCUT2D eigenvalue weighted by atomic mass is 9.97. The van der Waals surface area contributed by atoms with E-state index in [1.54, 1.807) is 0 Å². The van der Waals surface area contributed by atoms with Crippen molar-refractivity contribution in [3.05, 3.63) is 82.6 Å². The van der Waals surface area contributed by atoms with Crippen LogP contribution < -0.4 is 11.5 Å². The van der Waals surface area contributed by atoms with Crippen LogP contribution in [0.5, 0.6) is 0 Å². The normalized spacial score (nSPS) is 11.4. The molecule has 0 radical (unpaired) electrons. The smallest absolute Gasteiger partial charge is 0.250 e. The topological polar surface area (TPSA) is 72.3 Å². The molecule has 4 N–H and O–H groups in total. The van der Waals surface area contributed by atoms with Crippen LogP contribution in [0.2, 0.25) is 0 Å². The summed E-state index contributed by atoms with van der Waals surface area (Å²) in [5, 5.41) is 0. The number of carbonyl (C=O) groups is 1. The van der Waals surface area contributed by atoms with Gasteiger partial charge in [0.1, 0.15) is 0 Å². The Labute approximate surface area is 181 Å². The number of nitrogens with zero attached hydrogens (tertiary/aromatic N) is 1. The maximum Gasteiger partial charge on any atom is 0.250 e. The molecule has 4 nitrogen and oxygen atoms in total. The van der Waals surface area contributed by atoms with E-state index in [1.165, 1.54) is 11.1 Å². The number of amides is 1. The Morgan fingerprint density at radius 3 is 2.30 bits per heavy atom. The lowest BCUT2D eigenvalue weighted by molar-refractivity contribution is -0.127. The first-order valence-corrected chi connectivity index (χ1v) is 10.7. The molecule has 4 heteroatoms. The number of aryl methyl sites for hydroxylation is 1. The summed E-state index contributed by atoms with van der Waals surface area (Å²) in [6.45, 7) is 11.6. The van der Waals surface area contributed by atoms with Crippen LogP contribution in [-0.2, 0) is 11.2 Å². The predicted molar refractivity (Wildman–Crippen MR) is 128 cm³/mol. The number of anilines is 1. The summed E-state index contributed by atoms with van der Waals surface area (Å²) >= 11 is 0. The van der Waals surface area contributed by atoms with Gasteiger partial charge < -0.3 is 16.4 Å². The van der Waals surface area contributed by atoms with Gasteiger partial charge in [-0.05, 0) is 66.6 Å². The molecule has 0 aliphatic carbocycles. The van der Waals surface area contributed by atoms with Gasteiger partial charge in [0.2, 0.25) is 5.91 Å². The molecule has 0 saturated heterocycles. The van der Waals surface area contributed by atoms with Gasteiger partial charge in [-0.15, -0.1) is 0 Å². The van der Waals surface area contributed by atoms with Gasteiger partial charge in [-0.1, -0.05) is 50.8 Å². The molecule has 160 valence electrons. The van der Waals surface area contributed by atoms with E-state index in [-0.39, 0.29) is 5.91 Å². The first-order valence-electron chi connectivity index (χ1n) is 10.7. The zero-order valence-electron chi connectivity index (χ0n) is 18.6. The van der Waals surface area contributed by atoms with Crippen molar-refractivity contribution in [3.63, 3.8) is 0 Å². The first-order chi connectivity index (χ1) is 14.3. The highest BCUT2D eigenvalue weighted by Gasteiger charge is 2.18. The maximum atomic E-state index is 13.2. The third-order valence-corrected chi connectivity index (χ3v) is 4.99. The molecule has 2 aromatic rings. The molecule has 0 aliphatic rings. The summed E-state index contributed by atoms with van der Waals surface area (Å²) in [4.78, 5) is 15.1. The quantitative estimate of drug-likeness (QED) is 0.428. The number of hydrogen-bond donors (Lipinski definition) is 2. The van der Waals surface area contributed by atoms with Gasteiger partial charge >= 0.3 is 0 Å². The van der Waals surface area contributed by atoms with Gasteiger partial charge in [0.05, 0.1) is 0 Å². The molecule has 0 atom stereocenters. The molecule has 30 heavy (non-hydrogen) atoms. The van der Waals surface area contributed by atoms with E-state index in [9.17, 15) is 4.79 Å². The van der Waals surface area contributed by atoms with Crippen LogP contribution in [0.1, 0.15) is 55.4 Å². The molecule has 0 spiro atoms. The zero-order valence-corrected chi connectivity index (χ0v) is 18.6. The van der Waals surface area contributed by atoms with Crippen LogP contribution in [0.15, 0.2) is 60.3 Å². The van der Waals surface area contributed by atoms with E-state index in [4.69, 9.17) is 11.5 Å². The molecule has 2 aromatic carbocycles. The van der Waals surface area contributed by atoms with Gasteiger partial charge in [0.25, 0.3) is 0 Å². The summed E-state index contributed by atoms with van der Waals surface area (Å²) in [6, 6.07) is 14.3. The standard InChI is InChI=1S/C26H35N3O/c1-5-12-29(13-6-2)26(30)24(15-20(4)27)18-23-11-10-22(14-19(23)3)16-21-8-7-9-25(28)17-21/h7-11,14,17-18H,4-6,12-13,15-16,27-28H2,1-3H3/b24-18+. The average Bonchev–Trinajstić information content (AvgIpc) is 2.68. The van der Waals surface area contributed by atoms with Gasteiger partial charge in [0, 0.05) is 36.5 Å². The summed E-state index contributed by atoms with van der Waals surface area (Å²) in [5.41, 5.74) is 18.3. The number of carbonyl (C=O) groups excluding carboxylic acids is 1. The summed E-state index contributed by atoms with van der Waals surface area (Å²) in [6.07, 6.45) is 5.04. The monoisotopic (exact) mass is 405 g/mol. The maximum absolute atomic E-state index is 13.2. The second kappa shape index (κ2) is 11.2. The Hall–Kier alpha value is -3.01. The number of rotatable bonds is 10. The molecular formula is C26H35N3O. The summed E-state index contributed by atoms with van der Waals surface area (Å²) < 4.78 is 0. The average molecular weight is 406 g/mol. The van der Waals surface area contributed by atoms with E-state index < -0.39 is 0 Å². The van der Waals surface area contributed by atoms with Gasteiger partial charge in [-0.3, -0.25) is 4.79 Å². The fraction of sp³-hybridized carbons (Fsp3) is 0.346. The third kappa shape index (κ3) is 6.80. The van der Waals surface area contributed by atoms with Crippen molar-refractivity contribution in [3.8, 4) is 0 Å². The molecule has 0 heterocycles. The van der Waals surface area contributed by atoms with E-state index in [2.05, 4.69) is 51.6 Å². The van der Waals surface area contributed by atoms with Gasteiger partial charge in [0.15, 0.2) is 0 Å². The van der Waals surface area contributed by atoms with Gasteiger partial charge in [-0.25, -0.2) is 0 Å². The molecule has 0 fully saturated rings. The highest BCUT2D eigenvalue weighted by atomic mass is 16.2. The van der Waals surface area contributed by atoms with Crippen molar-refractivity contribution in [1.82, 2.24) is 4.90 Å². The van der Waals surface area contributed by atoms with Crippen LogP contribution in [0.3, 0.4) is 0 Å². The highest BCUT2D eigenvalue weighted by molar-refractivity contribution is 5.98. The molecule has 0 saturated carbocycles. The van der Waals surface area contributed by atoms with Crippen molar-refractivity contribution in [1.29, 1.82) is 0 Å². The van der Waals surface area contributed by atoms with Crippen molar-refractivity contribution in [2.45, 2.75) is 46.5 Å². The molecule has 0 aromatic heterocycles. The zero-order chi connectivity index (χ0) is 22.1. The molecule has 0 bridgehead atoms. The summed E-state index contributed by atoms with van der Waals surface area (Å²) in [5.74, 6) is 0.0496. The van der Waals surface area contributed by atoms with Crippen LogP contribution >= 0.6 is 0 Å². The number of allylic oxidation sites excluding steroid dienone is 1. The number of hydrogen-bond acceptors (Lipinski definition) is 3. The van der Waals surface area contributed by atoms with Crippen molar-refractivity contribution in [2.75, 3.05) is 18.8 Å². The molecule has 0 aliphatic heterocycles. The van der Waals surface area contributed by atoms with Gasteiger partial charge in [-0.2, -0.15) is 0 Å². The second-order valence-electron chi connectivity index (χ2n) is 7.91. The van der Waals surface area contributed by atoms with E-state index in [1.807, 2.05) is 29.2 Å². The minimum Gasteiger partial charge on any atom is -0.402 e. The first kappa shape index (κ1) is 23.3. The molecule has 1 amide bonds. The third-order valence-electron chi connectivity index (χ3n) is 4.99. The number of nitrogen functional groups attached to an aromatic ring is 1. The highest BCUT2D eigenvalue weighted by Crippen LogP contribution is 2.21. The fourth-order valence-electron chi connectivity index (χ4n) is 3.63. The Kier molecular flexibility index (Phi) is 8.72. The van der Waals surface area contributed by atoms with Crippen LogP contribution in [0, 0.1) is 6.92 Å². The van der Waals surface area contributed by atoms with E-state index in [0.29, 0.717) is 17.7 Å². The largest absolute Gasteiger partial charge is 0.402 e. The van der Waals surface area contributed by atoms with Crippen molar-refractivity contribution >= 4 is 17.7 Å². The Balaban J connectivity index is 2.30. The SMILES string of the molecule is C=C(N)C/C(=C\c1ccc(Cc2cccc(N)c2)cc1C)C(=O)N(CCC)CCC. The molecule has 0 unspecified atom stereocenters. The minimum atomic E-state index is 0.0496. The fourth-order valence-corrected chi connectivity index (χ4v) is 3.63. The molecule has 2 rings (SSSR count). The van der Waals surface area contributed by atoms with Crippen LogP contribution in [0.4, 0.5) is 5.69 Å². The number of nitrogens with two attached hydrogens (primary N) is 2. The van der Waals surface area contributed by atoms with Crippen molar-refractivity contribution in [2.24, 2.45) is 5.73 Å². The lowest BCUT2D eigenvalue weighted by Gasteiger charge is -2.23. The summed E-state index contributed by atoms with van der Waals surface area (Å²) in [7, 11) is 0. The van der Waals surface area contributed by atoms with Crippen LogP contribution in [-0.4, -0.2) is 23.9 Å². The number of benzene rings is 2. The lowest BCUT2D eigenvalue weighted by Crippen LogP contribution is -2.34. The Bertz CT molecular complexity index is 908. The Morgan fingerprint density at radius 1 is 1.07 bits per heavy atom. The molecular weight excluding hydrogens is 370 g/mol. The van der Waals surface area contributed by atoms with Crippen molar-refractivity contribution < 1.29 is 4.79 Å². The van der Waals surface area contributed by atoms with E-state index >= 15 is 0 Å². The minimum absolute atomic E-state index is 0.0496. The van der Waals surface area contributed by atoms with Crippen LogP contribution in [0.25, 0.3) is 6.08 Å². The second-order valence-corrected chi connectivity index (χ2v) is 7.91.